The van der Waals surface area contributed by atoms with Crippen LogP contribution in [0.4, 0.5) is 5.13 Å². The lowest BCUT2D eigenvalue weighted by Crippen LogP contribution is -2.08. The van der Waals surface area contributed by atoms with Crippen molar-refractivity contribution in [1.82, 2.24) is 4.98 Å². The minimum atomic E-state index is -0.600. The number of halogens is 1. The Morgan fingerprint density at radius 3 is 2.77 bits per heavy atom. The highest BCUT2D eigenvalue weighted by Crippen LogP contribution is 2.29. The van der Waals surface area contributed by atoms with E-state index in [0.29, 0.717) is 10.9 Å². The first kappa shape index (κ1) is 20.8. The van der Waals surface area contributed by atoms with Gasteiger partial charge in [0.05, 0.1) is 25.3 Å². The lowest BCUT2D eigenvalue weighted by molar-refractivity contribution is 0.0696. The van der Waals surface area contributed by atoms with Crippen LogP contribution < -0.4 is 14.9 Å². The van der Waals surface area contributed by atoms with Gasteiger partial charge < -0.3 is 13.9 Å². The van der Waals surface area contributed by atoms with E-state index in [4.69, 9.17) is 13.9 Å². The van der Waals surface area contributed by atoms with Gasteiger partial charge in [0.2, 0.25) is 10.9 Å². The molecule has 0 saturated heterocycles. The fourth-order valence-electron chi connectivity index (χ4n) is 2.63. The predicted octanol–water partition coefficient (Wildman–Crippen LogP) is 5.84. The van der Waals surface area contributed by atoms with Crippen LogP contribution in [-0.2, 0) is 0 Å². The topological polar surface area (TPSA) is 86.0 Å². The van der Waals surface area contributed by atoms with Gasteiger partial charge in [-0.2, -0.15) is 5.10 Å². The van der Waals surface area contributed by atoms with Crippen LogP contribution in [0.25, 0.3) is 11.3 Å². The van der Waals surface area contributed by atoms with Crippen molar-refractivity contribution in [2.45, 2.75) is 0 Å². The van der Waals surface area contributed by atoms with E-state index < -0.39 is 5.97 Å². The first-order chi connectivity index (χ1) is 15.1. The molecule has 0 spiro atoms. The Balaban J connectivity index is 1.41. The van der Waals surface area contributed by atoms with Gasteiger partial charge in [-0.05, 0) is 48.0 Å². The van der Waals surface area contributed by atoms with Gasteiger partial charge in [-0.1, -0.05) is 28.1 Å². The first-order valence-corrected chi connectivity index (χ1v) is 10.7. The molecule has 0 aliphatic heterocycles. The highest BCUT2D eigenvalue weighted by Gasteiger charge is 2.14. The number of esters is 1. The summed E-state index contributed by atoms with van der Waals surface area (Å²) in [5, 5.41) is 6.86. The fourth-order valence-corrected chi connectivity index (χ4v) is 3.57. The number of ether oxygens (including phenoxy) is 2. The Hall–Kier alpha value is -3.43. The summed E-state index contributed by atoms with van der Waals surface area (Å²) in [4.78, 5) is 16.6. The smallest absolute Gasteiger partial charge is 0.379 e. The summed E-state index contributed by atoms with van der Waals surface area (Å²) in [6.45, 7) is 0. The summed E-state index contributed by atoms with van der Waals surface area (Å²) in [6.07, 6.45) is 3.03. The number of rotatable bonds is 7. The maximum atomic E-state index is 12.1. The number of carbonyl (C=O) groups is 1. The maximum absolute atomic E-state index is 12.1. The average Bonchev–Trinajstić information content (AvgIpc) is 3.48. The molecule has 4 rings (SSSR count). The van der Waals surface area contributed by atoms with E-state index in [9.17, 15) is 4.79 Å². The molecule has 0 bridgehead atoms. The number of thiazole rings is 1. The van der Waals surface area contributed by atoms with Crippen molar-refractivity contribution in [2.24, 2.45) is 5.10 Å². The van der Waals surface area contributed by atoms with E-state index in [1.807, 2.05) is 29.6 Å². The van der Waals surface area contributed by atoms with Crippen LogP contribution in [0.15, 0.2) is 80.2 Å². The van der Waals surface area contributed by atoms with Gasteiger partial charge in [-0.15, -0.1) is 11.3 Å². The molecule has 0 radical (unpaired) electrons. The number of hydrogen-bond donors (Lipinski definition) is 1. The van der Waals surface area contributed by atoms with E-state index in [2.05, 4.69) is 31.4 Å². The van der Waals surface area contributed by atoms with Gasteiger partial charge >= 0.3 is 5.97 Å². The Morgan fingerprint density at radius 1 is 1.19 bits per heavy atom. The Morgan fingerprint density at radius 2 is 2.03 bits per heavy atom. The molecule has 0 aliphatic rings. The molecule has 0 amide bonds. The minimum Gasteiger partial charge on any atom is -0.493 e. The van der Waals surface area contributed by atoms with Crippen LogP contribution in [0.1, 0.15) is 16.1 Å². The summed E-state index contributed by atoms with van der Waals surface area (Å²) in [6, 6.07) is 16.2. The van der Waals surface area contributed by atoms with Crippen molar-refractivity contribution in [1.29, 1.82) is 0 Å². The van der Waals surface area contributed by atoms with E-state index in [-0.39, 0.29) is 11.5 Å². The van der Waals surface area contributed by atoms with E-state index >= 15 is 0 Å². The molecule has 156 valence electrons. The van der Waals surface area contributed by atoms with E-state index in [1.54, 1.807) is 30.5 Å². The molecule has 2 heterocycles. The second-order valence-corrected chi connectivity index (χ2v) is 7.97. The molecular formula is C22H16BrN3O4S. The summed E-state index contributed by atoms with van der Waals surface area (Å²) in [5.41, 5.74) is 5.59. The third kappa shape index (κ3) is 5.19. The molecular weight excluding hydrogens is 482 g/mol. The lowest BCUT2D eigenvalue weighted by atomic mass is 10.2. The van der Waals surface area contributed by atoms with Crippen LogP contribution in [-0.4, -0.2) is 24.3 Å². The van der Waals surface area contributed by atoms with Crippen LogP contribution in [0, 0.1) is 0 Å². The van der Waals surface area contributed by atoms with Gasteiger partial charge in [0.25, 0.3) is 0 Å². The molecule has 2 aromatic carbocycles. The predicted molar refractivity (Wildman–Crippen MR) is 123 cm³/mol. The fraction of sp³-hybridized carbons (Fsp3) is 0.0455. The number of nitrogens with zero attached hydrogens (tertiary/aromatic N) is 2. The van der Waals surface area contributed by atoms with Crippen molar-refractivity contribution < 1.29 is 18.7 Å². The molecule has 9 heteroatoms. The van der Waals surface area contributed by atoms with E-state index in [0.717, 1.165) is 21.3 Å². The largest absolute Gasteiger partial charge is 0.493 e. The van der Waals surface area contributed by atoms with Gasteiger partial charge in [-0.3, -0.25) is 5.43 Å². The van der Waals surface area contributed by atoms with Crippen LogP contribution >= 0.6 is 27.3 Å². The number of nitrogens with one attached hydrogen (secondary N) is 1. The van der Waals surface area contributed by atoms with E-state index in [1.165, 1.54) is 30.8 Å². The molecule has 0 atom stereocenters. The normalized spacial score (nSPS) is 10.9. The zero-order chi connectivity index (χ0) is 21.6. The maximum Gasteiger partial charge on any atom is 0.379 e. The molecule has 0 fully saturated rings. The number of hydrazone groups is 1. The van der Waals surface area contributed by atoms with Crippen molar-refractivity contribution in [3.05, 3.63) is 82.0 Å². The zero-order valence-corrected chi connectivity index (χ0v) is 18.6. The number of methoxy groups -OCH3 is 1. The highest BCUT2D eigenvalue weighted by atomic mass is 79.9. The Labute approximate surface area is 190 Å². The van der Waals surface area contributed by atoms with Crippen molar-refractivity contribution >= 4 is 44.6 Å². The molecule has 4 aromatic rings. The van der Waals surface area contributed by atoms with Crippen molar-refractivity contribution in [3.8, 4) is 22.8 Å². The van der Waals surface area contributed by atoms with Gasteiger partial charge in [0.1, 0.15) is 0 Å². The number of carbonyl (C=O) groups excluding carboxylic acids is 1. The summed E-state index contributed by atoms with van der Waals surface area (Å²) < 4.78 is 16.7. The number of benzene rings is 2. The Bertz CT molecular complexity index is 1200. The zero-order valence-electron chi connectivity index (χ0n) is 16.2. The number of furan rings is 1. The van der Waals surface area contributed by atoms with Crippen LogP contribution in [0.3, 0.4) is 0 Å². The van der Waals surface area contributed by atoms with Gasteiger partial charge in [0, 0.05) is 15.4 Å². The number of hydrogen-bond acceptors (Lipinski definition) is 8. The minimum absolute atomic E-state index is 0.114. The number of anilines is 1. The van der Waals surface area contributed by atoms with Gasteiger partial charge in [0.15, 0.2) is 11.5 Å². The molecule has 31 heavy (non-hydrogen) atoms. The second-order valence-electron chi connectivity index (χ2n) is 6.19. The quantitative estimate of drug-likeness (QED) is 0.149. The molecule has 0 saturated carbocycles. The van der Waals surface area contributed by atoms with Crippen molar-refractivity contribution in [2.75, 3.05) is 12.5 Å². The van der Waals surface area contributed by atoms with Crippen LogP contribution in [0.5, 0.6) is 11.5 Å². The molecule has 0 unspecified atom stereocenters. The lowest BCUT2D eigenvalue weighted by Gasteiger charge is -2.08. The SMILES string of the molecule is COc1cc(/C=N/Nc2nc(-c3ccc(Br)cc3)cs2)ccc1OC(=O)c1ccco1. The number of aromatic nitrogens is 1. The average molecular weight is 498 g/mol. The van der Waals surface area contributed by atoms with Crippen LogP contribution in [0.2, 0.25) is 0 Å². The van der Waals surface area contributed by atoms with Crippen molar-refractivity contribution in [3.63, 3.8) is 0 Å². The highest BCUT2D eigenvalue weighted by molar-refractivity contribution is 9.10. The molecule has 2 aromatic heterocycles. The second kappa shape index (κ2) is 9.59. The third-order valence-corrected chi connectivity index (χ3v) is 5.41. The monoisotopic (exact) mass is 497 g/mol. The van der Waals surface area contributed by atoms with Gasteiger partial charge in [-0.25, -0.2) is 9.78 Å². The molecule has 1 N–H and O–H groups in total. The Kier molecular flexibility index (Phi) is 6.44. The summed E-state index contributed by atoms with van der Waals surface area (Å²) in [7, 11) is 1.50. The standard InChI is InChI=1S/C22H16BrN3O4S/c1-28-20-11-14(4-9-18(20)30-21(27)19-3-2-10-29-19)12-24-26-22-25-17(13-31-22)15-5-7-16(23)8-6-15/h2-13H,1H3,(H,25,26)/b24-12+. The summed E-state index contributed by atoms with van der Waals surface area (Å²) in [5.74, 6) is 0.197. The first-order valence-electron chi connectivity index (χ1n) is 9.06. The third-order valence-electron chi connectivity index (χ3n) is 4.13. The summed E-state index contributed by atoms with van der Waals surface area (Å²) >= 11 is 4.89. The molecule has 0 aliphatic carbocycles. The molecule has 7 nitrogen and oxygen atoms in total.